The van der Waals surface area contributed by atoms with Gasteiger partial charge in [0.25, 0.3) is 5.91 Å². The van der Waals surface area contributed by atoms with Crippen LogP contribution in [0.25, 0.3) is 0 Å². The predicted molar refractivity (Wildman–Crippen MR) is 93.2 cm³/mol. The Hall–Kier alpha value is -2.18. The van der Waals surface area contributed by atoms with E-state index in [0.717, 1.165) is 5.56 Å². The Bertz CT molecular complexity index is 741. The first kappa shape index (κ1) is 19.9. The van der Waals surface area contributed by atoms with Crippen LogP contribution in [0.1, 0.15) is 22.8 Å². The summed E-state index contributed by atoms with van der Waals surface area (Å²) < 4.78 is 13.0. The lowest BCUT2D eigenvalue weighted by atomic mass is 10.1. The van der Waals surface area contributed by atoms with Crippen LogP contribution in [0.3, 0.4) is 0 Å². The van der Waals surface area contributed by atoms with E-state index in [0.29, 0.717) is 29.2 Å². The molecule has 128 valence electrons. The Balaban J connectivity index is 0.00000288. The van der Waals surface area contributed by atoms with Gasteiger partial charge in [-0.3, -0.25) is 14.6 Å². The molecule has 0 saturated heterocycles. The maximum atomic E-state index is 13.0. The molecule has 2 N–H and O–H groups in total. The molecule has 2 amide bonds. The second-order valence-electron chi connectivity index (χ2n) is 4.89. The second-order valence-corrected chi connectivity index (χ2v) is 5.29. The van der Waals surface area contributed by atoms with Gasteiger partial charge in [0, 0.05) is 24.7 Å². The summed E-state index contributed by atoms with van der Waals surface area (Å²) in [5, 5.41) is 5.61. The fourth-order valence-corrected chi connectivity index (χ4v) is 2.23. The van der Waals surface area contributed by atoms with Crippen molar-refractivity contribution < 1.29 is 14.0 Å². The van der Waals surface area contributed by atoms with Crippen LogP contribution in [-0.2, 0) is 11.2 Å². The SMILES string of the molecule is CC(=O)Nc1cncc(C(=O)NCCc2ccc(F)cc2Cl)c1.Cl. The third kappa shape index (κ3) is 5.79. The molecule has 1 aromatic carbocycles. The largest absolute Gasteiger partial charge is 0.352 e. The standard InChI is InChI=1S/C16H15ClFN3O2.ClH/c1-10(22)21-14-6-12(8-19-9-14)16(23)20-5-4-11-2-3-13(18)7-15(11)17;/h2-3,6-9H,4-5H2,1H3,(H,20,23)(H,21,22);1H. The van der Waals surface area contributed by atoms with Crippen molar-refractivity contribution >= 4 is 41.5 Å². The van der Waals surface area contributed by atoms with Gasteiger partial charge in [0.1, 0.15) is 5.82 Å². The van der Waals surface area contributed by atoms with Crippen LogP contribution in [0.5, 0.6) is 0 Å². The maximum absolute atomic E-state index is 13.0. The second kappa shape index (κ2) is 9.20. The Labute approximate surface area is 150 Å². The van der Waals surface area contributed by atoms with E-state index in [4.69, 9.17) is 11.6 Å². The summed E-state index contributed by atoms with van der Waals surface area (Å²) in [6, 6.07) is 5.68. The molecule has 1 heterocycles. The van der Waals surface area contributed by atoms with E-state index in [1.807, 2.05) is 0 Å². The van der Waals surface area contributed by atoms with Crippen LogP contribution in [-0.4, -0.2) is 23.3 Å². The summed E-state index contributed by atoms with van der Waals surface area (Å²) in [6.45, 7) is 1.72. The molecule has 0 unspecified atom stereocenters. The molecule has 5 nitrogen and oxygen atoms in total. The smallest absolute Gasteiger partial charge is 0.252 e. The number of amides is 2. The normalized spacial score (nSPS) is 9.79. The van der Waals surface area contributed by atoms with E-state index in [2.05, 4.69) is 15.6 Å². The fraction of sp³-hybridized carbons (Fsp3) is 0.188. The van der Waals surface area contributed by atoms with Crippen molar-refractivity contribution in [3.05, 3.63) is 58.6 Å². The third-order valence-electron chi connectivity index (χ3n) is 3.02. The maximum Gasteiger partial charge on any atom is 0.252 e. The summed E-state index contributed by atoms with van der Waals surface area (Å²) in [6.07, 6.45) is 3.34. The first-order valence-corrected chi connectivity index (χ1v) is 7.28. The highest BCUT2D eigenvalue weighted by atomic mass is 35.5. The monoisotopic (exact) mass is 371 g/mol. The van der Waals surface area contributed by atoms with E-state index in [1.54, 1.807) is 6.07 Å². The number of rotatable bonds is 5. The number of pyridine rings is 1. The van der Waals surface area contributed by atoms with Crippen molar-refractivity contribution in [2.24, 2.45) is 0 Å². The van der Waals surface area contributed by atoms with Crippen LogP contribution in [0.15, 0.2) is 36.7 Å². The molecule has 0 atom stereocenters. The number of aromatic nitrogens is 1. The molecule has 0 aliphatic carbocycles. The summed E-state index contributed by atoms with van der Waals surface area (Å²) in [5.74, 6) is -0.957. The van der Waals surface area contributed by atoms with Crippen molar-refractivity contribution in [1.82, 2.24) is 10.3 Å². The number of carbonyl (C=O) groups excluding carboxylic acids is 2. The van der Waals surface area contributed by atoms with E-state index in [9.17, 15) is 14.0 Å². The summed E-state index contributed by atoms with van der Waals surface area (Å²) in [5.41, 5.74) is 1.53. The van der Waals surface area contributed by atoms with Crippen LogP contribution in [0.4, 0.5) is 10.1 Å². The Morgan fingerprint density at radius 1 is 1.25 bits per heavy atom. The molecule has 0 bridgehead atoms. The van der Waals surface area contributed by atoms with Gasteiger partial charge in [-0.15, -0.1) is 12.4 Å². The molecule has 24 heavy (non-hydrogen) atoms. The summed E-state index contributed by atoms with van der Waals surface area (Å²) >= 11 is 5.93. The van der Waals surface area contributed by atoms with Crippen molar-refractivity contribution in [1.29, 1.82) is 0 Å². The number of hydrogen-bond donors (Lipinski definition) is 2. The minimum Gasteiger partial charge on any atom is -0.352 e. The zero-order chi connectivity index (χ0) is 16.8. The number of anilines is 1. The lowest BCUT2D eigenvalue weighted by Gasteiger charge is -2.08. The quantitative estimate of drug-likeness (QED) is 0.847. The number of nitrogens with zero attached hydrogens (tertiary/aromatic N) is 1. The van der Waals surface area contributed by atoms with Gasteiger partial charge in [-0.1, -0.05) is 17.7 Å². The molecule has 1 aromatic heterocycles. The molecule has 0 spiro atoms. The molecule has 8 heteroatoms. The van der Waals surface area contributed by atoms with Crippen LogP contribution in [0.2, 0.25) is 5.02 Å². The molecule has 0 aliphatic rings. The third-order valence-corrected chi connectivity index (χ3v) is 3.37. The number of benzene rings is 1. The average molecular weight is 372 g/mol. The van der Waals surface area contributed by atoms with Gasteiger partial charge in [-0.2, -0.15) is 0 Å². The van der Waals surface area contributed by atoms with Crippen molar-refractivity contribution in [3.8, 4) is 0 Å². The lowest BCUT2D eigenvalue weighted by Crippen LogP contribution is -2.26. The first-order chi connectivity index (χ1) is 11.0. The van der Waals surface area contributed by atoms with E-state index >= 15 is 0 Å². The summed E-state index contributed by atoms with van der Waals surface area (Å²) in [7, 11) is 0. The minimum atomic E-state index is -0.399. The van der Waals surface area contributed by atoms with Gasteiger partial charge in [-0.05, 0) is 30.2 Å². The van der Waals surface area contributed by atoms with Crippen LogP contribution >= 0.6 is 24.0 Å². The van der Waals surface area contributed by atoms with Gasteiger partial charge in [0.05, 0.1) is 17.4 Å². The van der Waals surface area contributed by atoms with E-state index < -0.39 is 5.82 Å². The van der Waals surface area contributed by atoms with Gasteiger partial charge in [0.2, 0.25) is 5.91 Å². The zero-order valence-corrected chi connectivity index (χ0v) is 14.4. The highest BCUT2D eigenvalue weighted by Crippen LogP contribution is 2.17. The fourth-order valence-electron chi connectivity index (χ4n) is 1.97. The van der Waals surface area contributed by atoms with Crippen LogP contribution < -0.4 is 10.6 Å². The van der Waals surface area contributed by atoms with Crippen molar-refractivity contribution in [3.63, 3.8) is 0 Å². The zero-order valence-electron chi connectivity index (χ0n) is 12.8. The lowest BCUT2D eigenvalue weighted by molar-refractivity contribution is -0.114. The molecule has 0 fully saturated rings. The van der Waals surface area contributed by atoms with Gasteiger partial charge in [0.15, 0.2) is 0 Å². The topological polar surface area (TPSA) is 71.1 Å². The van der Waals surface area contributed by atoms with Gasteiger partial charge in [-0.25, -0.2) is 4.39 Å². The number of hydrogen-bond acceptors (Lipinski definition) is 3. The Kier molecular flexibility index (Phi) is 7.61. The minimum absolute atomic E-state index is 0. The van der Waals surface area contributed by atoms with E-state index in [-0.39, 0.29) is 24.2 Å². The summed E-state index contributed by atoms with van der Waals surface area (Å²) in [4.78, 5) is 27.0. The Morgan fingerprint density at radius 2 is 2.00 bits per heavy atom. The number of nitrogens with one attached hydrogen (secondary N) is 2. The predicted octanol–water partition coefficient (Wildman–Crippen LogP) is 3.23. The highest BCUT2D eigenvalue weighted by Gasteiger charge is 2.08. The number of halogens is 3. The van der Waals surface area contributed by atoms with Crippen molar-refractivity contribution in [2.75, 3.05) is 11.9 Å². The van der Waals surface area contributed by atoms with Crippen LogP contribution in [0, 0.1) is 5.82 Å². The Morgan fingerprint density at radius 3 is 2.67 bits per heavy atom. The first-order valence-electron chi connectivity index (χ1n) is 6.90. The van der Waals surface area contributed by atoms with Gasteiger partial charge < -0.3 is 10.6 Å². The van der Waals surface area contributed by atoms with Crippen molar-refractivity contribution in [2.45, 2.75) is 13.3 Å². The molecule has 2 rings (SSSR count). The molecule has 0 radical (unpaired) electrons. The molecular weight excluding hydrogens is 356 g/mol. The van der Waals surface area contributed by atoms with E-state index in [1.165, 1.54) is 37.5 Å². The molecule has 0 aliphatic heterocycles. The average Bonchev–Trinajstić information content (AvgIpc) is 2.49. The number of carbonyl (C=O) groups is 2. The van der Waals surface area contributed by atoms with Gasteiger partial charge >= 0.3 is 0 Å². The highest BCUT2D eigenvalue weighted by molar-refractivity contribution is 6.31. The molecular formula is C16H16Cl2FN3O2. The molecule has 2 aromatic rings. The molecule has 0 saturated carbocycles.